The number of hydrogen-bond donors (Lipinski definition) is 3. The minimum Gasteiger partial charge on any atom is -0.505 e. The van der Waals surface area contributed by atoms with Gasteiger partial charge >= 0.3 is 6.03 Å². The number of aryl methyl sites for hydroxylation is 1. The molecule has 1 saturated heterocycles. The third-order valence-electron chi connectivity index (χ3n) is 7.10. The number of nitrogens with zero attached hydrogens (tertiary/aromatic N) is 4. The van der Waals surface area contributed by atoms with Gasteiger partial charge in [0, 0.05) is 18.5 Å². The molecule has 8 nitrogen and oxygen atoms in total. The smallest absolute Gasteiger partial charge is 0.320 e. The first-order valence-corrected chi connectivity index (χ1v) is 12.1. The number of amides is 2. The molecule has 6 rings (SSSR count). The van der Waals surface area contributed by atoms with Crippen LogP contribution in [0.5, 0.6) is 5.75 Å². The zero-order valence-corrected chi connectivity index (χ0v) is 19.6. The van der Waals surface area contributed by atoms with Crippen LogP contribution in [0.1, 0.15) is 43.1 Å². The number of carbonyl (C=O) groups is 1. The second-order valence-electron chi connectivity index (χ2n) is 9.34. The highest BCUT2D eigenvalue weighted by molar-refractivity contribution is 5.94. The molecule has 2 aliphatic rings. The molecule has 0 saturated carbocycles. The number of aromatic nitrogens is 4. The number of benzene rings is 2. The maximum absolute atomic E-state index is 14.1. The minimum atomic E-state index is -0.638. The van der Waals surface area contributed by atoms with Gasteiger partial charge in [0.05, 0.1) is 30.0 Å². The predicted octanol–water partition coefficient (Wildman–Crippen LogP) is 4.95. The monoisotopic (exact) mass is 474 g/mol. The third-order valence-corrected chi connectivity index (χ3v) is 7.10. The SMILES string of the molecule is CCc1cc(O)c(F)cc1-c1ccc2c(-c3nc4c([nH]3)CN(C(=O)N3CCCCC3)C4)n[nH]c2c1. The number of aromatic hydroxyl groups is 1. The molecular weight excluding hydrogens is 447 g/mol. The van der Waals surface area contributed by atoms with Gasteiger partial charge in [0.2, 0.25) is 0 Å². The molecular formula is C26H27FN6O2. The number of likely N-dealkylation sites (tertiary alicyclic amines) is 1. The first-order chi connectivity index (χ1) is 17.0. The van der Waals surface area contributed by atoms with Gasteiger partial charge in [-0.05, 0) is 66.6 Å². The summed E-state index contributed by atoms with van der Waals surface area (Å²) in [5, 5.41) is 18.2. The van der Waals surface area contributed by atoms with Crippen LogP contribution in [0.4, 0.5) is 9.18 Å². The maximum atomic E-state index is 14.1. The number of imidazole rings is 1. The van der Waals surface area contributed by atoms with E-state index >= 15 is 0 Å². The summed E-state index contributed by atoms with van der Waals surface area (Å²) < 4.78 is 14.1. The highest BCUT2D eigenvalue weighted by Crippen LogP contribution is 2.34. The van der Waals surface area contributed by atoms with Crippen molar-refractivity contribution in [1.29, 1.82) is 0 Å². The Balaban J connectivity index is 1.26. The topological polar surface area (TPSA) is 101 Å². The lowest BCUT2D eigenvalue weighted by molar-refractivity contribution is 0.142. The van der Waals surface area contributed by atoms with Crippen LogP contribution in [0.3, 0.4) is 0 Å². The van der Waals surface area contributed by atoms with Gasteiger partial charge in [-0.25, -0.2) is 14.2 Å². The second-order valence-corrected chi connectivity index (χ2v) is 9.34. The van der Waals surface area contributed by atoms with Crippen molar-refractivity contribution in [1.82, 2.24) is 30.0 Å². The van der Waals surface area contributed by atoms with Crippen LogP contribution in [-0.2, 0) is 19.5 Å². The van der Waals surface area contributed by atoms with E-state index in [1.54, 1.807) is 0 Å². The van der Waals surface area contributed by atoms with E-state index in [1.165, 1.54) is 18.6 Å². The van der Waals surface area contributed by atoms with Crippen LogP contribution in [0.25, 0.3) is 33.5 Å². The van der Waals surface area contributed by atoms with Gasteiger partial charge < -0.3 is 19.9 Å². The molecule has 3 N–H and O–H groups in total. The van der Waals surface area contributed by atoms with Crippen LogP contribution in [0.2, 0.25) is 0 Å². The number of fused-ring (bicyclic) bond motifs is 2. The molecule has 2 aromatic carbocycles. The molecule has 0 bridgehead atoms. The Morgan fingerprint density at radius 2 is 1.94 bits per heavy atom. The average Bonchev–Trinajstić information content (AvgIpc) is 3.58. The number of carbonyl (C=O) groups excluding carboxylic acids is 1. The molecule has 0 spiro atoms. The molecule has 2 aliphatic heterocycles. The second kappa shape index (κ2) is 8.41. The predicted molar refractivity (Wildman–Crippen MR) is 130 cm³/mol. The summed E-state index contributed by atoms with van der Waals surface area (Å²) in [5.74, 6) is -0.304. The van der Waals surface area contributed by atoms with Gasteiger partial charge in [0.1, 0.15) is 5.69 Å². The first kappa shape index (κ1) is 21.6. The fourth-order valence-electron chi connectivity index (χ4n) is 5.20. The van der Waals surface area contributed by atoms with Crippen molar-refractivity contribution in [2.45, 2.75) is 45.7 Å². The average molecular weight is 475 g/mol. The lowest BCUT2D eigenvalue weighted by atomic mass is 9.96. The van der Waals surface area contributed by atoms with Crippen LogP contribution in [0, 0.1) is 5.82 Å². The Hall–Kier alpha value is -3.88. The lowest BCUT2D eigenvalue weighted by Crippen LogP contribution is -2.43. The quantitative estimate of drug-likeness (QED) is 0.391. The summed E-state index contributed by atoms with van der Waals surface area (Å²) in [6.45, 7) is 4.66. The van der Waals surface area contributed by atoms with E-state index in [1.807, 2.05) is 34.9 Å². The van der Waals surface area contributed by atoms with Gasteiger partial charge in [-0.1, -0.05) is 13.0 Å². The fraction of sp³-hybridized carbons (Fsp3) is 0.346. The molecule has 180 valence electrons. The Kier molecular flexibility index (Phi) is 5.20. The van der Waals surface area contributed by atoms with Crippen molar-refractivity contribution in [2.24, 2.45) is 0 Å². The highest BCUT2D eigenvalue weighted by Gasteiger charge is 2.31. The minimum absolute atomic E-state index is 0.0903. The van der Waals surface area contributed by atoms with Crippen LogP contribution in [0.15, 0.2) is 30.3 Å². The number of hydrogen-bond acceptors (Lipinski definition) is 4. The molecule has 4 aromatic rings. The number of H-pyrrole nitrogens is 2. The number of nitrogens with one attached hydrogen (secondary N) is 2. The summed E-state index contributed by atoms with van der Waals surface area (Å²) in [4.78, 5) is 24.8. The number of rotatable bonds is 3. The van der Waals surface area contributed by atoms with Crippen molar-refractivity contribution < 1.29 is 14.3 Å². The van der Waals surface area contributed by atoms with Crippen molar-refractivity contribution in [3.05, 3.63) is 53.1 Å². The number of urea groups is 1. The van der Waals surface area contributed by atoms with Gasteiger partial charge in [-0.15, -0.1) is 0 Å². The number of halogens is 1. The molecule has 0 atom stereocenters. The summed E-state index contributed by atoms with van der Waals surface area (Å²) in [5.41, 5.74) is 5.81. The number of phenolic OH excluding ortho intramolecular Hbond substituents is 1. The fourth-order valence-corrected chi connectivity index (χ4v) is 5.20. The number of aromatic amines is 2. The van der Waals surface area contributed by atoms with E-state index in [9.17, 15) is 14.3 Å². The van der Waals surface area contributed by atoms with Crippen LogP contribution >= 0.6 is 0 Å². The zero-order chi connectivity index (χ0) is 24.1. The van der Waals surface area contributed by atoms with E-state index in [-0.39, 0.29) is 11.8 Å². The van der Waals surface area contributed by atoms with Crippen molar-refractivity contribution in [3.8, 4) is 28.4 Å². The van der Waals surface area contributed by atoms with Gasteiger partial charge in [-0.2, -0.15) is 5.10 Å². The van der Waals surface area contributed by atoms with Gasteiger partial charge in [-0.3, -0.25) is 5.10 Å². The molecule has 0 unspecified atom stereocenters. The molecule has 0 radical (unpaired) electrons. The van der Waals surface area contributed by atoms with E-state index < -0.39 is 5.82 Å². The zero-order valence-electron chi connectivity index (χ0n) is 19.6. The van der Waals surface area contributed by atoms with Crippen molar-refractivity contribution >= 4 is 16.9 Å². The lowest BCUT2D eigenvalue weighted by Gasteiger charge is -2.30. The highest BCUT2D eigenvalue weighted by atomic mass is 19.1. The standard InChI is InChI=1S/C26H27FN6O2/c1-2-15-11-23(34)19(27)12-18(15)16-6-7-17-20(10-16)30-31-24(17)25-28-21-13-33(14-22(21)29-25)26(35)32-8-4-3-5-9-32/h6-7,10-12,34H,2-5,8-9,13-14H2,1H3,(H,28,29)(H,30,31). The molecule has 9 heteroatoms. The molecule has 35 heavy (non-hydrogen) atoms. The Morgan fingerprint density at radius 1 is 1.11 bits per heavy atom. The van der Waals surface area contributed by atoms with E-state index in [0.29, 0.717) is 31.0 Å². The normalized spacial score (nSPS) is 15.7. The molecule has 2 amide bonds. The Morgan fingerprint density at radius 3 is 2.71 bits per heavy atom. The van der Waals surface area contributed by atoms with Gasteiger partial charge in [0.15, 0.2) is 17.4 Å². The molecule has 2 aromatic heterocycles. The number of piperidine rings is 1. The van der Waals surface area contributed by atoms with E-state index in [2.05, 4.69) is 15.2 Å². The van der Waals surface area contributed by atoms with E-state index in [4.69, 9.17) is 4.98 Å². The summed E-state index contributed by atoms with van der Waals surface area (Å²) >= 11 is 0. The number of phenols is 1. The summed E-state index contributed by atoms with van der Waals surface area (Å²) in [6.07, 6.45) is 4.01. The van der Waals surface area contributed by atoms with Crippen LogP contribution < -0.4 is 0 Å². The summed E-state index contributed by atoms with van der Waals surface area (Å²) in [7, 11) is 0. The Labute approximate surface area is 201 Å². The van der Waals surface area contributed by atoms with Gasteiger partial charge in [0.25, 0.3) is 0 Å². The van der Waals surface area contributed by atoms with Crippen LogP contribution in [-0.4, -0.2) is 54.2 Å². The summed E-state index contributed by atoms with van der Waals surface area (Å²) in [6, 6.07) is 8.77. The molecule has 1 fully saturated rings. The first-order valence-electron chi connectivity index (χ1n) is 12.1. The van der Waals surface area contributed by atoms with Crippen molar-refractivity contribution in [2.75, 3.05) is 13.1 Å². The Bertz CT molecular complexity index is 1410. The largest absolute Gasteiger partial charge is 0.505 e. The maximum Gasteiger partial charge on any atom is 0.320 e. The van der Waals surface area contributed by atoms with Crippen molar-refractivity contribution in [3.63, 3.8) is 0 Å². The molecule has 0 aliphatic carbocycles. The third kappa shape index (κ3) is 3.71. The van der Waals surface area contributed by atoms with E-state index in [0.717, 1.165) is 64.9 Å². The molecule has 4 heterocycles.